The molecule has 0 saturated carbocycles. The lowest BCUT2D eigenvalue weighted by atomic mass is 10.2. The molecule has 0 amide bonds. The maximum absolute atomic E-state index is 12.4. The highest BCUT2D eigenvalue weighted by Crippen LogP contribution is 2.31. The smallest absolute Gasteiger partial charge is 0.271 e. The number of nitrogens with one attached hydrogen (secondary N) is 1. The zero-order chi connectivity index (χ0) is 16.5. The zero-order valence-electron chi connectivity index (χ0n) is 12.0. The molecule has 0 bridgehead atoms. The third-order valence-electron chi connectivity index (χ3n) is 2.87. The SMILES string of the molecule is COc1ccc([N+](=O)[O-])cc1NS(=O)(=O)c1c(C)noc1C. The molecule has 0 atom stereocenters. The van der Waals surface area contributed by atoms with Crippen LogP contribution in [0.1, 0.15) is 11.5 Å². The molecule has 1 aromatic carbocycles. The van der Waals surface area contributed by atoms with Crippen LogP contribution in [0.2, 0.25) is 0 Å². The number of sulfonamides is 1. The molecule has 1 N–H and O–H groups in total. The van der Waals surface area contributed by atoms with Crippen LogP contribution in [-0.4, -0.2) is 25.6 Å². The lowest BCUT2D eigenvalue weighted by Gasteiger charge is -2.11. The normalized spacial score (nSPS) is 11.2. The van der Waals surface area contributed by atoms with Gasteiger partial charge < -0.3 is 9.26 Å². The van der Waals surface area contributed by atoms with Crippen LogP contribution in [0, 0.1) is 24.0 Å². The number of hydrogen-bond acceptors (Lipinski definition) is 7. The minimum absolute atomic E-state index is 0.0447. The molecule has 0 spiro atoms. The number of rotatable bonds is 5. The van der Waals surface area contributed by atoms with Crippen LogP contribution >= 0.6 is 0 Å². The summed E-state index contributed by atoms with van der Waals surface area (Å²) < 4.78 is 36.9. The van der Waals surface area contributed by atoms with Crippen LogP contribution in [0.3, 0.4) is 0 Å². The number of anilines is 1. The molecule has 0 radical (unpaired) electrons. The molecule has 9 nitrogen and oxygen atoms in total. The molecule has 0 aliphatic rings. The molecule has 0 aliphatic heterocycles. The van der Waals surface area contributed by atoms with E-state index >= 15 is 0 Å². The Kier molecular flexibility index (Phi) is 4.04. The summed E-state index contributed by atoms with van der Waals surface area (Å²) >= 11 is 0. The number of aromatic nitrogens is 1. The van der Waals surface area contributed by atoms with Crippen molar-refractivity contribution in [1.82, 2.24) is 5.16 Å². The Labute approximate surface area is 126 Å². The summed E-state index contributed by atoms with van der Waals surface area (Å²) in [6.45, 7) is 2.94. The first-order valence-corrected chi connectivity index (χ1v) is 7.52. The fourth-order valence-electron chi connectivity index (χ4n) is 1.94. The summed E-state index contributed by atoms with van der Waals surface area (Å²) in [4.78, 5) is 10.1. The Morgan fingerprint density at radius 3 is 2.55 bits per heavy atom. The summed E-state index contributed by atoms with van der Waals surface area (Å²) in [7, 11) is -2.69. The second-order valence-corrected chi connectivity index (χ2v) is 6.02. The van der Waals surface area contributed by atoms with Gasteiger partial charge in [0.25, 0.3) is 15.7 Å². The van der Waals surface area contributed by atoms with Gasteiger partial charge in [-0.15, -0.1) is 0 Å². The molecule has 2 aromatic rings. The third kappa shape index (κ3) is 2.86. The molecule has 10 heteroatoms. The number of ether oxygens (including phenoxy) is 1. The third-order valence-corrected chi connectivity index (χ3v) is 4.48. The molecule has 2 rings (SSSR count). The van der Waals surface area contributed by atoms with Gasteiger partial charge in [0.05, 0.1) is 17.7 Å². The van der Waals surface area contributed by atoms with Gasteiger partial charge in [-0.2, -0.15) is 0 Å². The number of non-ortho nitro benzene ring substituents is 1. The van der Waals surface area contributed by atoms with E-state index in [0.717, 1.165) is 6.07 Å². The number of nitrogens with zero attached hydrogens (tertiary/aromatic N) is 2. The Morgan fingerprint density at radius 2 is 2.05 bits per heavy atom. The van der Waals surface area contributed by atoms with E-state index in [1.165, 1.54) is 33.1 Å². The van der Waals surface area contributed by atoms with Crippen LogP contribution in [0.25, 0.3) is 0 Å². The molecule has 118 valence electrons. The molecule has 0 aliphatic carbocycles. The van der Waals surface area contributed by atoms with Gasteiger partial charge in [-0.05, 0) is 19.9 Å². The lowest BCUT2D eigenvalue weighted by molar-refractivity contribution is -0.384. The van der Waals surface area contributed by atoms with E-state index in [1.807, 2.05) is 0 Å². The number of aryl methyl sites for hydroxylation is 2. The summed E-state index contributed by atoms with van der Waals surface area (Å²) in [5, 5.41) is 14.4. The second kappa shape index (κ2) is 5.64. The Morgan fingerprint density at radius 1 is 1.36 bits per heavy atom. The molecular formula is C12H13N3O6S. The fraction of sp³-hybridized carbons (Fsp3) is 0.250. The van der Waals surface area contributed by atoms with Crippen molar-refractivity contribution in [3.05, 3.63) is 39.8 Å². The summed E-state index contributed by atoms with van der Waals surface area (Å²) in [5.41, 5.74) is -0.122. The van der Waals surface area contributed by atoms with Crippen molar-refractivity contribution in [3.63, 3.8) is 0 Å². The average molecular weight is 327 g/mol. The van der Waals surface area contributed by atoms with E-state index in [4.69, 9.17) is 9.26 Å². The average Bonchev–Trinajstić information content (AvgIpc) is 2.78. The number of nitro benzene ring substituents is 1. The van der Waals surface area contributed by atoms with E-state index in [-0.39, 0.29) is 33.5 Å². The topological polar surface area (TPSA) is 125 Å². The van der Waals surface area contributed by atoms with Crippen LogP contribution < -0.4 is 9.46 Å². The number of methoxy groups -OCH3 is 1. The highest BCUT2D eigenvalue weighted by Gasteiger charge is 2.26. The van der Waals surface area contributed by atoms with Crippen LogP contribution in [0.5, 0.6) is 5.75 Å². The van der Waals surface area contributed by atoms with Crippen LogP contribution in [0.4, 0.5) is 11.4 Å². The predicted molar refractivity (Wildman–Crippen MR) is 76.4 cm³/mol. The number of nitro groups is 1. The maximum atomic E-state index is 12.4. The molecule has 0 saturated heterocycles. The monoisotopic (exact) mass is 327 g/mol. The zero-order valence-corrected chi connectivity index (χ0v) is 12.8. The molecule has 22 heavy (non-hydrogen) atoms. The number of hydrogen-bond donors (Lipinski definition) is 1. The van der Waals surface area contributed by atoms with Crippen LogP contribution in [-0.2, 0) is 10.0 Å². The largest absolute Gasteiger partial charge is 0.495 e. The van der Waals surface area contributed by atoms with E-state index in [1.54, 1.807) is 0 Å². The van der Waals surface area contributed by atoms with Crippen LogP contribution in [0.15, 0.2) is 27.6 Å². The summed E-state index contributed by atoms with van der Waals surface area (Å²) in [6.07, 6.45) is 0. The van der Waals surface area contributed by atoms with Gasteiger partial charge in [0.1, 0.15) is 11.4 Å². The first-order valence-electron chi connectivity index (χ1n) is 6.04. The summed E-state index contributed by atoms with van der Waals surface area (Å²) in [6, 6.07) is 3.60. The highest BCUT2D eigenvalue weighted by atomic mass is 32.2. The first-order chi connectivity index (χ1) is 10.3. The Balaban J connectivity index is 2.49. The van der Waals surface area contributed by atoms with E-state index < -0.39 is 14.9 Å². The van der Waals surface area contributed by atoms with Crippen molar-refractivity contribution < 1.29 is 22.6 Å². The molecule has 0 fully saturated rings. The van der Waals surface area contributed by atoms with Gasteiger partial charge in [-0.1, -0.05) is 5.16 Å². The van der Waals surface area contributed by atoms with E-state index in [2.05, 4.69) is 9.88 Å². The van der Waals surface area contributed by atoms with Gasteiger partial charge in [0.2, 0.25) is 0 Å². The molecule has 0 unspecified atom stereocenters. The Hall–Kier alpha value is -2.62. The maximum Gasteiger partial charge on any atom is 0.271 e. The number of benzene rings is 1. The Bertz CT molecular complexity index is 808. The lowest BCUT2D eigenvalue weighted by Crippen LogP contribution is -2.15. The van der Waals surface area contributed by atoms with Gasteiger partial charge in [0.15, 0.2) is 10.7 Å². The minimum atomic E-state index is -4.02. The first kappa shape index (κ1) is 15.8. The van der Waals surface area contributed by atoms with Gasteiger partial charge in [-0.25, -0.2) is 8.42 Å². The fourth-order valence-corrected chi connectivity index (χ4v) is 3.34. The van der Waals surface area contributed by atoms with Crippen molar-refractivity contribution in [2.75, 3.05) is 11.8 Å². The molecule has 1 aromatic heterocycles. The van der Waals surface area contributed by atoms with Gasteiger partial charge >= 0.3 is 0 Å². The molecule has 1 heterocycles. The van der Waals surface area contributed by atoms with Crippen molar-refractivity contribution >= 4 is 21.4 Å². The standard InChI is InChI=1S/C12H13N3O6S/c1-7-12(8(2)21-13-7)22(18,19)14-10-6-9(15(16)17)4-5-11(10)20-3/h4-6,14H,1-3H3. The quantitative estimate of drug-likeness (QED) is 0.657. The van der Waals surface area contributed by atoms with Crippen molar-refractivity contribution in [2.45, 2.75) is 18.7 Å². The van der Waals surface area contributed by atoms with E-state index in [9.17, 15) is 18.5 Å². The second-order valence-electron chi connectivity index (χ2n) is 4.40. The van der Waals surface area contributed by atoms with Crippen molar-refractivity contribution in [2.24, 2.45) is 0 Å². The van der Waals surface area contributed by atoms with Crippen molar-refractivity contribution in [1.29, 1.82) is 0 Å². The van der Waals surface area contributed by atoms with Gasteiger partial charge in [0, 0.05) is 12.1 Å². The summed E-state index contributed by atoms with van der Waals surface area (Å²) in [5.74, 6) is 0.273. The minimum Gasteiger partial charge on any atom is -0.495 e. The van der Waals surface area contributed by atoms with E-state index in [0.29, 0.717) is 0 Å². The van der Waals surface area contributed by atoms with Crippen molar-refractivity contribution in [3.8, 4) is 5.75 Å². The van der Waals surface area contributed by atoms with Gasteiger partial charge in [-0.3, -0.25) is 14.8 Å². The highest BCUT2D eigenvalue weighted by molar-refractivity contribution is 7.92. The molecular weight excluding hydrogens is 314 g/mol. The predicted octanol–water partition coefficient (Wildman–Crippen LogP) is 2.01.